The van der Waals surface area contributed by atoms with Gasteiger partial charge in [-0.15, -0.1) is 10.2 Å². The molecule has 24 heavy (non-hydrogen) atoms. The highest BCUT2D eigenvalue weighted by atomic mass is 32.1. The van der Waals surface area contributed by atoms with E-state index in [0.29, 0.717) is 24.4 Å². The second-order valence-electron chi connectivity index (χ2n) is 5.25. The van der Waals surface area contributed by atoms with Crippen LogP contribution in [0.15, 0.2) is 48.8 Å². The third kappa shape index (κ3) is 4.36. The molecular weight excluding hydrogens is 322 g/mol. The predicted molar refractivity (Wildman–Crippen MR) is 95.6 cm³/mol. The monoisotopic (exact) mass is 339 g/mol. The lowest BCUT2D eigenvalue weighted by Crippen LogP contribution is -2.11. The van der Waals surface area contributed by atoms with Crippen LogP contribution in [-0.4, -0.2) is 21.1 Å². The molecule has 0 unspecified atom stereocenters. The fraction of sp³-hybridized carbons (Fsp3) is 0.176. The third-order valence-corrected chi connectivity index (χ3v) is 4.25. The van der Waals surface area contributed by atoms with Crippen LogP contribution in [0.2, 0.25) is 0 Å². The van der Waals surface area contributed by atoms with Gasteiger partial charge in [0.25, 0.3) is 0 Å². The molecule has 0 fully saturated rings. The van der Waals surface area contributed by atoms with E-state index in [2.05, 4.69) is 20.5 Å². The SMILES string of the molecule is Nc1nnc(CCCC(=O)Nc2cccc(-c3ccncc3)c2)s1. The topological polar surface area (TPSA) is 93.8 Å². The van der Waals surface area contributed by atoms with E-state index in [1.807, 2.05) is 36.4 Å². The molecule has 6 nitrogen and oxygen atoms in total. The zero-order valence-electron chi connectivity index (χ0n) is 13.0. The second kappa shape index (κ2) is 7.65. The molecule has 0 spiro atoms. The number of nitrogens with zero attached hydrogens (tertiary/aromatic N) is 3. The van der Waals surface area contributed by atoms with Gasteiger partial charge in [0.05, 0.1) is 0 Å². The maximum atomic E-state index is 12.1. The molecule has 0 atom stereocenters. The molecule has 0 radical (unpaired) electrons. The number of rotatable bonds is 6. The summed E-state index contributed by atoms with van der Waals surface area (Å²) in [6.45, 7) is 0. The number of pyridine rings is 1. The molecule has 3 aromatic rings. The van der Waals surface area contributed by atoms with Crippen molar-refractivity contribution in [3.05, 3.63) is 53.8 Å². The minimum atomic E-state index is -0.0145. The standard InChI is InChI=1S/C17H17N5OS/c18-17-22-21-16(24-17)6-2-5-15(23)20-14-4-1-3-13(11-14)12-7-9-19-10-8-12/h1,3-4,7-11H,2,5-6H2,(H2,18,22)(H,20,23). The largest absolute Gasteiger partial charge is 0.374 e. The summed E-state index contributed by atoms with van der Waals surface area (Å²) in [6.07, 6.45) is 5.35. The quantitative estimate of drug-likeness (QED) is 0.719. The molecule has 122 valence electrons. The van der Waals surface area contributed by atoms with Gasteiger partial charge in [-0.3, -0.25) is 9.78 Å². The van der Waals surface area contributed by atoms with E-state index in [9.17, 15) is 4.79 Å². The van der Waals surface area contributed by atoms with E-state index in [-0.39, 0.29) is 5.91 Å². The summed E-state index contributed by atoms with van der Waals surface area (Å²) in [5, 5.41) is 12.0. The van der Waals surface area contributed by atoms with Crippen LogP contribution >= 0.6 is 11.3 Å². The molecule has 0 bridgehead atoms. The van der Waals surface area contributed by atoms with Crippen molar-refractivity contribution in [3.8, 4) is 11.1 Å². The van der Waals surface area contributed by atoms with Gasteiger partial charge in [-0.05, 0) is 41.8 Å². The summed E-state index contributed by atoms with van der Waals surface area (Å²) in [5.74, 6) is -0.0145. The number of aromatic nitrogens is 3. The highest BCUT2D eigenvalue weighted by Gasteiger charge is 2.06. The first-order valence-corrected chi connectivity index (χ1v) is 8.40. The zero-order chi connectivity index (χ0) is 16.8. The summed E-state index contributed by atoms with van der Waals surface area (Å²) in [5.41, 5.74) is 8.43. The average Bonchev–Trinajstić information content (AvgIpc) is 3.01. The first kappa shape index (κ1) is 16.1. The Labute approximate surface area is 143 Å². The van der Waals surface area contributed by atoms with Crippen molar-refractivity contribution in [3.63, 3.8) is 0 Å². The summed E-state index contributed by atoms with van der Waals surface area (Å²) < 4.78 is 0. The fourth-order valence-corrected chi connectivity index (χ4v) is 2.96. The summed E-state index contributed by atoms with van der Waals surface area (Å²) in [4.78, 5) is 16.1. The normalized spacial score (nSPS) is 10.5. The molecule has 3 rings (SSSR count). The van der Waals surface area contributed by atoms with Crippen LogP contribution in [0.25, 0.3) is 11.1 Å². The Morgan fingerprint density at radius 1 is 1.12 bits per heavy atom. The number of nitrogen functional groups attached to an aromatic ring is 1. The van der Waals surface area contributed by atoms with Crippen molar-refractivity contribution < 1.29 is 4.79 Å². The summed E-state index contributed by atoms with van der Waals surface area (Å²) >= 11 is 1.36. The second-order valence-corrected chi connectivity index (χ2v) is 6.35. The van der Waals surface area contributed by atoms with E-state index in [0.717, 1.165) is 21.8 Å². The number of benzene rings is 1. The number of carbonyl (C=O) groups excluding carboxylic acids is 1. The highest BCUT2D eigenvalue weighted by Crippen LogP contribution is 2.22. The van der Waals surface area contributed by atoms with Gasteiger partial charge in [0, 0.05) is 30.9 Å². The zero-order valence-corrected chi connectivity index (χ0v) is 13.8. The van der Waals surface area contributed by atoms with Gasteiger partial charge >= 0.3 is 0 Å². The van der Waals surface area contributed by atoms with Crippen LogP contribution in [0, 0.1) is 0 Å². The molecule has 0 saturated heterocycles. The lowest BCUT2D eigenvalue weighted by atomic mass is 10.1. The molecule has 0 aliphatic rings. The Kier molecular flexibility index (Phi) is 5.12. The van der Waals surface area contributed by atoms with Crippen LogP contribution in [-0.2, 0) is 11.2 Å². The van der Waals surface area contributed by atoms with E-state index >= 15 is 0 Å². The number of nitrogens with one attached hydrogen (secondary N) is 1. The smallest absolute Gasteiger partial charge is 0.224 e. The maximum Gasteiger partial charge on any atom is 0.224 e. The van der Waals surface area contributed by atoms with Crippen LogP contribution in [0.3, 0.4) is 0 Å². The van der Waals surface area contributed by atoms with E-state index in [4.69, 9.17) is 5.73 Å². The van der Waals surface area contributed by atoms with Crippen molar-refractivity contribution in [2.45, 2.75) is 19.3 Å². The number of hydrogen-bond acceptors (Lipinski definition) is 6. The first-order chi connectivity index (χ1) is 11.7. The Morgan fingerprint density at radius 3 is 2.71 bits per heavy atom. The van der Waals surface area contributed by atoms with Gasteiger partial charge in [0.1, 0.15) is 5.01 Å². The van der Waals surface area contributed by atoms with Crippen molar-refractivity contribution in [2.75, 3.05) is 11.1 Å². The molecule has 2 aromatic heterocycles. The van der Waals surface area contributed by atoms with Gasteiger partial charge in [0.2, 0.25) is 11.0 Å². The van der Waals surface area contributed by atoms with Gasteiger partial charge in [-0.1, -0.05) is 23.5 Å². The molecule has 3 N–H and O–H groups in total. The summed E-state index contributed by atoms with van der Waals surface area (Å²) in [6, 6.07) is 11.6. The van der Waals surface area contributed by atoms with Crippen molar-refractivity contribution in [2.24, 2.45) is 0 Å². The molecule has 2 heterocycles. The molecule has 0 saturated carbocycles. The minimum Gasteiger partial charge on any atom is -0.374 e. The average molecular weight is 339 g/mol. The van der Waals surface area contributed by atoms with Crippen LogP contribution in [0.5, 0.6) is 0 Å². The highest BCUT2D eigenvalue weighted by molar-refractivity contribution is 7.15. The van der Waals surface area contributed by atoms with Gasteiger partial charge < -0.3 is 11.1 Å². The number of nitrogens with two attached hydrogens (primary N) is 1. The number of anilines is 2. The molecule has 1 aromatic carbocycles. The number of hydrogen-bond donors (Lipinski definition) is 2. The lowest BCUT2D eigenvalue weighted by Gasteiger charge is -2.07. The Morgan fingerprint density at radius 2 is 1.96 bits per heavy atom. The predicted octanol–water partition coefficient (Wildman–Crippen LogP) is 3.14. The lowest BCUT2D eigenvalue weighted by molar-refractivity contribution is -0.116. The Bertz CT molecular complexity index is 819. The first-order valence-electron chi connectivity index (χ1n) is 7.59. The minimum absolute atomic E-state index is 0.0145. The van der Waals surface area contributed by atoms with Crippen LogP contribution < -0.4 is 11.1 Å². The van der Waals surface area contributed by atoms with E-state index in [1.54, 1.807) is 12.4 Å². The van der Waals surface area contributed by atoms with Crippen molar-refractivity contribution in [1.82, 2.24) is 15.2 Å². The van der Waals surface area contributed by atoms with E-state index in [1.165, 1.54) is 11.3 Å². The number of aryl methyl sites for hydroxylation is 1. The Balaban J connectivity index is 1.54. The van der Waals surface area contributed by atoms with Crippen LogP contribution in [0.1, 0.15) is 17.8 Å². The van der Waals surface area contributed by atoms with Crippen molar-refractivity contribution >= 4 is 28.1 Å². The Hall–Kier alpha value is -2.80. The molecule has 1 amide bonds. The number of carbonyl (C=O) groups is 1. The molecule has 7 heteroatoms. The third-order valence-electron chi connectivity index (χ3n) is 3.44. The van der Waals surface area contributed by atoms with Gasteiger partial charge in [0.15, 0.2) is 0 Å². The maximum absolute atomic E-state index is 12.1. The molecular formula is C17H17N5OS. The summed E-state index contributed by atoms with van der Waals surface area (Å²) in [7, 11) is 0. The number of amides is 1. The van der Waals surface area contributed by atoms with Gasteiger partial charge in [-0.2, -0.15) is 0 Å². The van der Waals surface area contributed by atoms with Crippen LogP contribution in [0.4, 0.5) is 10.8 Å². The van der Waals surface area contributed by atoms with Gasteiger partial charge in [-0.25, -0.2) is 0 Å². The molecule has 0 aliphatic carbocycles. The van der Waals surface area contributed by atoms with E-state index < -0.39 is 0 Å². The fourth-order valence-electron chi connectivity index (χ4n) is 2.31. The van der Waals surface area contributed by atoms with Crippen molar-refractivity contribution in [1.29, 1.82) is 0 Å². The molecule has 0 aliphatic heterocycles.